The number of rotatable bonds is 3. The SMILES string of the molecule is c1ccc(-c2cc3c(-c4c5ccccc5c(-c5ccccc5)c5ccccc45)c4c(cc3s2)sc2ccccc24)cc1. The monoisotopic (exact) mass is 568 g/mol. The summed E-state index contributed by atoms with van der Waals surface area (Å²) in [6, 6.07) is 53.5. The number of hydrogen-bond donors (Lipinski definition) is 0. The van der Waals surface area contributed by atoms with Gasteiger partial charge in [0.05, 0.1) is 0 Å². The molecule has 0 aliphatic rings. The first-order chi connectivity index (χ1) is 20.8. The zero-order chi connectivity index (χ0) is 27.6. The molecule has 0 nitrogen and oxygen atoms in total. The fourth-order valence-corrected chi connectivity index (χ4v) is 9.05. The molecule has 0 N–H and O–H groups in total. The van der Waals surface area contributed by atoms with Gasteiger partial charge in [0.15, 0.2) is 0 Å². The summed E-state index contributed by atoms with van der Waals surface area (Å²) in [5.74, 6) is 0. The molecule has 0 bridgehead atoms. The van der Waals surface area contributed by atoms with E-state index in [1.165, 1.54) is 84.5 Å². The van der Waals surface area contributed by atoms with Gasteiger partial charge < -0.3 is 0 Å². The van der Waals surface area contributed by atoms with Crippen LogP contribution >= 0.6 is 22.7 Å². The van der Waals surface area contributed by atoms with Gasteiger partial charge in [-0.3, -0.25) is 0 Å². The van der Waals surface area contributed by atoms with Gasteiger partial charge in [-0.2, -0.15) is 0 Å². The second-order valence-corrected chi connectivity index (χ2v) is 13.0. The van der Waals surface area contributed by atoms with Gasteiger partial charge in [0.25, 0.3) is 0 Å². The lowest BCUT2D eigenvalue weighted by atomic mass is 9.84. The molecule has 2 heteroatoms. The van der Waals surface area contributed by atoms with Crippen molar-refractivity contribution in [2.75, 3.05) is 0 Å². The van der Waals surface area contributed by atoms with Gasteiger partial charge in [-0.05, 0) is 62.0 Å². The molecule has 0 aliphatic heterocycles. The molecule has 0 spiro atoms. The maximum atomic E-state index is 2.44. The molecule has 7 aromatic carbocycles. The molecule has 0 unspecified atom stereocenters. The Morgan fingerprint density at radius 1 is 0.310 bits per heavy atom. The topological polar surface area (TPSA) is 0 Å². The summed E-state index contributed by atoms with van der Waals surface area (Å²) >= 11 is 3.81. The van der Waals surface area contributed by atoms with Crippen LogP contribution in [0.3, 0.4) is 0 Å². The standard InChI is InChI=1S/C40H24S2/c1-3-13-25(14-4-1)34-23-32-35(42-34)24-36-39(31-21-11-12-22-33(31)41-36)40(32)38-29-19-9-7-17-27(29)37(26-15-5-2-6-16-26)28-18-8-10-20-30(28)38/h1-24H. The molecule has 0 atom stereocenters. The van der Waals surface area contributed by atoms with Crippen molar-refractivity contribution in [2.45, 2.75) is 0 Å². The van der Waals surface area contributed by atoms with Crippen molar-refractivity contribution in [3.8, 4) is 32.7 Å². The minimum absolute atomic E-state index is 1.25. The van der Waals surface area contributed by atoms with Crippen molar-refractivity contribution in [1.82, 2.24) is 0 Å². The predicted octanol–water partition coefficient (Wildman–Crippen LogP) is 12.6. The van der Waals surface area contributed by atoms with E-state index in [0.717, 1.165) is 0 Å². The maximum Gasteiger partial charge on any atom is 0.0376 e. The van der Waals surface area contributed by atoms with Crippen molar-refractivity contribution < 1.29 is 0 Å². The van der Waals surface area contributed by atoms with E-state index in [2.05, 4.69) is 146 Å². The second kappa shape index (κ2) is 9.39. The first kappa shape index (κ1) is 23.9. The Morgan fingerprint density at radius 2 is 0.833 bits per heavy atom. The smallest absolute Gasteiger partial charge is 0.0376 e. The minimum Gasteiger partial charge on any atom is -0.135 e. The van der Waals surface area contributed by atoms with Crippen LogP contribution in [0, 0.1) is 0 Å². The summed E-state index contributed by atoms with van der Waals surface area (Å²) in [4.78, 5) is 1.31. The molecule has 0 saturated heterocycles. The summed E-state index contributed by atoms with van der Waals surface area (Å²) in [6.07, 6.45) is 0. The van der Waals surface area contributed by atoms with Crippen LogP contribution < -0.4 is 0 Å². The largest absolute Gasteiger partial charge is 0.135 e. The quantitative estimate of drug-likeness (QED) is 0.186. The highest BCUT2D eigenvalue weighted by Gasteiger charge is 2.23. The van der Waals surface area contributed by atoms with Crippen LogP contribution in [-0.2, 0) is 0 Å². The third-order valence-electron chi connectivity index (χ3n) is 8.47. The van der Waals surface area contributed by atoms with Gasteiger partial charge in [0.2, 0.25) is 0 Å². The van der Waals surface area contributed by atoms with E-state index in [4.69, 9.17) is 0 Å². The van der Waals surface area contributed by atoms with Crippen LogP contribution in [0.15, 0.2) is 146 Å². The lowest BCUT2D eigenvalue weighted by Crippen LogP contribution is -1.91. The molecule has 0 amide bonds. The molecule has 2 aromatic heterocycles. The number of hydrogen-bond acceptors (Lipinski definition) is 2. The van der Waals surface area contributed by atoms with Gasteiger partial charge in [0, 0.05) is 40.7 Å². The Hall–Kier alpha value is -4.76. The first-order valence-electron chi connectivity index (χ1n) is 14.3. The molecule has 9 rings (SSSR count). The molecule has 196 valence electrons. The second-order valence-electron chi connectivity index (χ2n) is 10.8. The lowest BCUT2D eigenvalue weighted by Gasteiger charge is -2.19. The molecular formula is C40H24S2. The Kier molecular flexibility index (Phi) is 5.34. The summed E-state index contributed by atoms with van der Waals surface area (Å²) in [6.45, 7) is 0. The van der Waals surface area contributed by atoms with Gasteiger partial charge >= 0.3 is 0 Å². The number of fused-ring (bicyclic) bond motifs is 6. The van der Waals surface area contributed by atoms with Crippen molar-refractivity contribution in [3.05, 3.63) is 146 Å². The Balaban J connectivity index is 1.52. The Morgan fingerprint density at radius 3 is 1.48 bits per heavy atom. The van der Waals surface area contributed by atoms with Crippen LogP contribution in [-0.4, -0.2) is 0 Å². The van der Waals surface area contributed by atoms with E-state index in [1.807, 2.05) is 22.7 Å². The summed E-state index contributed by atoms with van der Waals surface area (Å²) in [5, 5.41) is 9.21. The third-order valence-corrected chi connectivity index (χ3v) is 10.7. The van der Waals surface area contributed by atoms with Gasteiger partial charge in [-0.1, -0.05) is 127 Å². The van der Waals surface area contributed by atoms with Gasteiger partial charge in [0.1, 0.15) is 0 Å². The van der Waals surface area contributed by atoms with Crippen LogP contribution in [0.2, 0.25) is 0 Å². The van der Waals surface area contributed by atoms with E-state index >= 15 is 0 Å². The predicted molar refractivity (Wildman–Crippen MR) is 186 cm³/mol. The molecule has 0 fully saturated rings. The number of benzene rings is 7. The summed E-state index contributed by atoms with van der Waals surface area (Å²) < 4.78 is 4.02. The Bertz CT molecular complexity index is 2390. The molecule has 0 radical (unpaired) electrons. The van der Waals surface area contributed by atoms with E-state index < -0.39 is 0 Å². The van der Waals surface area contributed by atoms with E-state index in [9.17, 15) is 0 Å². The van der Waals surface area contributed by atoms with E-state index in [-0.39, 0.29) is 0 Å². The zero-order valence-electron chi connectivity index (χ0n) is 22.7. The fraction of sp³-hybridized carbons (Fsp3) is 0. The molecule has 2 heterocycles. The van der Waals surface area contributed by atoms with Gasteiger partial charge in [-0.15, -0.1) is 22.7 Å². The van der Waals surface area contributed by atoms with Crippen molar-refractivity contribution in [1.29, 1.82) is 0 Å². The third kappa shape index (κ3) is 3.53. The van der Waals surface area contributed by atoms with Crippen molar-refractivity contribution in [3.63, 3.8) is 0 Å². The molecule has 9 aromatic rings. The zero-order valence-corrected chi connectivity index (χ0v) is 24.3. The fourth-order valence-electron chi connectivity index (χ4n) is 6.70. The normalized spacial score (nSPS) is 11.8. The van der Waals surface area contributed by atoms with Crippen molar-refractivity contribution in [2.24, 2.45) is 0 Å². The molecule has 42 heavy (non-hydrogen) atoms. The summed E-state index contributed by atoms with van der Waals surface area (Å²) in [5.41, 5.74) is 6.51. The minimum atomic E-state index is 1.25. The lowest BCUT2D eigenvalue weighted by molar-refractivity contribution is 1.67. The van der Waals surface area contributed by atoms with Crippen molar-refractivity contribution >= 4 is 74.5 Å². The highest BCUT2D eigenvalue weighted by Crippen LogP contribution is 2.52. The molecule has 0 aliphatic carbocycles. The highest BCUT2D eigenvalue weighted by molar-refractivity contribution is 7.27. The van der Waals surface area contributed by atoms with Crippen LogP contribution in [0.1, 0.15) is 0 Å². The van der Waals surface area contributed by atoms with E-state index in [1.54, 1.807) is 0 Å². The first-order valence-corrected chi connectivity index (χ1v) is 15.9. The number of thiophene rings is 2. The van der Waals surface area contributed by atoms with Gasteiger partial charge in [-0.25, -0.2) is 0 Å². The highest BCUT2D eigenvalue weighted by atomic mass is 32.1. The average Bonchev–Trinajstić information content (AvgIpc) is 3.65. The average molecular weight is 569 g/mol. The van der Waals surface area contributed by atoms with Crippen LogP contribution in [0.4, 0.5) is 0 Å². The van der Waals surface area contributed by atoms with Crippen LogP contribution in [0.25, 0.3) is 84.5 Å². The molecular weight excluding hydrogens is 545 g/mol. The van der Waals surface area contributed by atoms with Crippen LogP contribution in [0.5, 0.6) is 0 Å². The Labute approximate surface area is 251 Å². The van der Waals surface area contributed by atoms with E-state index in [0.29, 0.717) is 0 Å². The molecule has 0 saturated carbocycles. The maximum absolute atomic E-state index is 2.44. The summed E-state index contributed by atoms with van der Waals surface area (Å²) in [7, 11) is 0.